The maximum absolute atomic E-state index is 12.9. The zero-order chi connectivity index (χ0) is 24.4. The van der Waals surface area contributed by atoms with Gasteiger partial charge in [0, 0.05) is 31.9 Å². The van der Waals surface area contributed by atoms with E-state index in [1.165, 1.54) is 6.20 Å². The molecule has 2 aliphatic heterocycles. The van der Waals surface area contributed by atoms with Crippen LogP contribution >= 0.6 is 0 Å². The van der Waals surface area contributed by atoms with Crippen LogP contribution in [0.5, 0.6) is 0 Å². The Kier molecular flexibility index (Phi) is 6.59. The maximum atomic E-state index is 12.9. The molecule has 2 saturated heterocycles. The van der Waals surface area contributed by atoms with Crippen molar-refractivity contribution in [3.63, 3.8) is 0 Å². The van der Waals surface area contributed by atoms with Crippen molar-refractivity contribution < 1.29 is 13.9 Å². The standard InChI is InChI=1S/C26H31N5O4/c1-3-18-6-7-31(16-18)25(32)28-20-5-4-17(2)21(14-20)19-12-22(23-15-27-26(33)35-23)29-24(13-19)30-8-10-34-11-9-30/h4-5,12-15,18H,3,6-11,16H2,1-2H3,(H,27,33)(H,28,32)/t18-/m1/s1. The average molecular weight is 478 g/mol. The number of hydrogen-bond donors (Lipinski definition) is 2. The van der Waals surface area contributed by atoms with Crippen LogP contribution in [0.1, 0.15) is 25.3 Å². The number of likely N-dealkylation sites (tertiary alicyclic amines) is 1. The molecule has 0 bridgehead atoms. The predicted molar refractivity (Wildman–Crippen MR) is 135 cm³/mol. The SMILES string of the molecule is CC[C@@H]1CCN(C(=O)Nc2ccc(C)c(-c3cc(-c4c[nH]c(=O)o4)nc(N4CCOCC4)c3)c2)C1. The molecule has 2 fully saturated rings. The quantitative estimate of drug-likeness (QED) is 0.573. The van der Waals surface area contributed by atoms with E-state index < -0.39 is 5.76 Å². The maximum Gasteiger partial charge on any atom is 0.416 e. The van der Waals surface area contributed by atoms with Gasteiger partial charge in [-0.3, -0.25) is 4.98 Å². The van der Waals surface area contributed by atoms with Crippen LogP contribution in [-0.4, -0.2) is 60.3 Å². The molecule has 5 rings (SSSR count). The lowest BCUT2D eigenvalue weighted by molar-refractivity contribution is 0.122. The molecular formula is C26H31N5O4. The van der Waals surface area contributed by atoms with Gasteiger partial charge in [-0.2, -0.15) is 0 Å². The van der Waals surface area contributed by atoms with Gasteiger partial charge in [0.15, 0.2) is 5.76 Å². The Morgan fingerprint density at radius 2 is 2.03 bits per heavy atom. The van der Waals surface area contributed by atoms with Gasteiger partial charge in [0.1, 0.15) is 11.5 Å². The first-order valence-electron chi connectivity index (χ1n) is 12.2. The summed E-state index contributed by atoms with van der Waals surface area (Å²) in [5, 5.41) is 3.07. The van der Waals surface area contributed by atoms with Gasteiger partial charge >= 0.3 is 11.8 Å². The minimum absolute atomic E-state index is 0.0609. The normalized spacial score (nSPS) is 18.2. The van der Waals surface area contributed by atoms with E-state index in [-0.39, 0.29) is 6.03 Å². The lowest BCUT2D eigenvalue weighted by atomic mass is 9.99. The Morgan fingerprint density at radius 3 is 2.74 bits per heavy atom. The van der Waals surface area contributed by atoms with Crippen molar-refractivity contribution in [1.82, 2.24) is 14.9 Å². The molecule has 9 heteroatoms. The van der Waals surface area contributed by atoms with Crippen LogP contribution in [0, 0.1) is 12.8 Å². The largest absolute Gasteiger partial charge is 0.416 e. The van der Waals surface area contributed by atoms with Crippen LogP contribution < -0.4 is 16.0 Å². The number of nitrogens with zero attached hydrogens (tertiary/aromatic N) is 3. The number of aryl methyl sites for hydroxylation is 1. The molecule has 1 atom stereocenters. The molecule has 4 heterocycles. The van der Waals surface area contributed by atoms with E-state index in [0.717, 1.165) is 67.2 Å². The molecule has 0 radical (unpaired) electrons. The Labute approximate surface area is 204 Å². The van der Waals surface area contributed by atoms with Crippen LogP contribution in [0.2, 0.25) is 0 Å². The molecule has 0 spiro atoms. The van der Waals surface area contributed by atoms with Crippen molar-refractivity contribution in [1.29, 1.82) is 0 Å². The fraction of sp³-hybridized carbons (Fsp3) is 0.423. The van der Waals surface area contributed by atoms with Gasteiger partial charge in [0.2, 0.25) is 0 Å². The second-order valence-electron chi connectivity index (χ2n) is 9.21. The zero-order valence-electron chi connectivity index (χ0n) is 20.2. The highest BCUT2D eigenvalue weighted by Crippen LogP contribution is 2.33. The minimum atomic E-state index is -0.520. The number of rotatable bonds is 5. The smallest absolute Gasteiger partial charge is 0.406 e. The molecule has 0 aliphatic carbocycles. The molecule has 3 aromatic rings. The molecule has 2 amide bonds. The average Bonchev–Trinajstić information content (AvgIpc) is 3.55. The van der Waals surface area contributed by atoms with Crippen molar-refractivity contribution in [2.45, 2.75) is 26.7 Å². The highest BCUT2D eigenvalue weighted by atomic mass is 16.5. The fourth-order valence-electron chi connectivity index (χ4n) is 4.73. The van der Waals surface area contributed by atoms with E-state index in [1.54, 1.807) is 0 Å². The number of oxazole rings is 1. The summed E-state index contributed by atoms with van der Waals surface area (Å²) < 4.78 is 10.8. The molecule has 0 saturated carbocycles. The summed E-state index contributed by atoms with van der Waals surface area (Å²) >= 11 is 0. The van der Waals surface area contributed by atoms with Crippen LogP contribution in [0.25, 0.3) is 22.6 Å². The van der Waals surface area contributed by atoms with Gasteiger partial charge in [0.25, 0.3) is 0 Å². The topological polar surface area (TPSA) is 104 Å². The van der Waals surface area contributed by atoms with Crippen molar-refractivity contribution in [2.24, 2.45) is 5.92 Å². The number of amides is 2. The van der Waals surface area contributed by atoms with Crippen molar-refractivity contribution in [2.75, 3.05) is 49.6 Å². The molecule has 2 aromatic heterocycles. The molecule has 9 nitrogen and oxygen atoms in total. The summed E-state index contributed by atoms with van der Waals surface area (Å²) in [6, 6.07) is 9.83. The van der Waals surface area contributed by atoms with Crippen molar-refractivity contribution in [3.8, 4) is 22.6 Å². The predicted octanol–water partition coefficient (Wildman–Crippen LogP) is 4.11. The summed E-state index contributed by atoms with van der Waals surface area (Å²) in [4.78, 5) is 35.9. The number of hydrogen-bond acceptors (Lipinski definition) is 6. The third-order valence-electron chi connectivity index (χ3n) is 6.87. The summed E-state index contributed by atoms with van der Waals surface area (Å²) in [5.41, 5.74) is 4.29. The summed E-state index contributed by atoms with van der Waals surface area (Å²) in [7, 11) is 0. The lowest BCUT2D eigenvalue weighted by Gasteiger charge is -2.28. The van der Waals surface area contributed by atoms with Crippen molar-refractivity contribution >= 4 is 17.5 Å². The van der Waals surface area contributed by atoms with E-state index in [0.29, 0.717) is 30.6 Å². The fourth-order valence-corrected chi connectivity index (χ4v) is 4.73. The number of urea groups is 1. The lowest BCUT2D eigenvalue weighted by Crippen LogP contribution is -2.36. The number of anilines is 2. The third kappa shape index (κ3) is 5.09. The number of aromatic amines is 1. The van der Waals surface area contributed by atoms with Crippen LogP contribution in [0.15, 0.2) is 45.7 Å². The van der Waals surface area contributed by atoms with E-state index in [1.807, 2.05) is 42.2 Å². The molecule has 0 unspecified atom stereocenters. The van der Waals surface area contributed by atoms with E-state index in [9.17, 15) is 9.59 Å². The first-order valence-corrected chi connectivity index (χ1v) is 12.2. The van der Waals surface area contributed by atoms with Gasteiger partial charge in [-0.1, -0.05) is 19.4 Å². The highest BCUT2D eigenvalue weighted by molar-refractivity contribution is 5.91. The number of benzene rings is 1. The number of ether oxygens (including phenoxy) is 1. The van der Waals surface area contributed by atoms with Gasteiger partial charge in [-0.05, 0) is 60.2 Å². The highest BCUT2D eigenvalue weighted by Gasteiger charge is 2.25. The second-order valence-corrected chi connectivity index (χ2v) is 9.21. The van der Waals surface area contributed by atoms with Crippen LogP contribution in [0.4, 0.5) is 16.3 Å². The Bertz CT molecular complexity index is 1260. The van der Waals surface area contributed by atoms with Gasteiger partial charge in [-0.25, -0.2) is 14.6 Å². The molecule has 35 heavy (non-hydrogen) atoms. The first kappa shape index (κ1) is 23.2. The zero-order valence-corrected chi connectivity index (χ0v) is 20.2. The number of carbonyl (C=O) groups is 1. The number of pyridine rings is 1. The summed E-state index contributed by atoms with van der Waals surface area (Å²) in [6.45, 7) is 8.55. The second kappa shape index (κ2) is 9.95. The number of H-pyrrole nitrogens is 1. The Morgan fingerprint density at radius 1 is 1.20 bits per heavy atom. The number of nitrogens with one attached hydrogen (secondary N) is 2. The minimum Gasteiger partial charge on any atom is -0.406 e. The molecule has 2 N–H and O–H groups in total. The van der Waals surface area contributed by atoms with E-state index in [2.05, 4.69) is 22.1 Å². The number of carbonyl (C=O) groups excluding carboxylic acids is 1. The number of aromatic nitrogens is 2. The molecule has 184 valence electrons. The van der Waals surface area contributed by atoms with Gasteiger partial charge < -0.3 is 24.3 Å². The summed E-state index contributed by atoms with van der Waals surface area (Å²) in [5.74, 6) is 1.24. The van der Waals surface area contributed by atoms with Crippen LogP contribution in [-0.2, 0) is 4.74 Å². The van der Waals surface area contributed by atoms with Gasteiger partial charge in [0.05, 0.1) is 19.4 Å². The molecule has 2 aliphatic rings. The monoisotopic (exact) mass is 477 g/mol. The van der Waals surface area contributed by atoms with Gasteiger partial charge in [-0.15, -0.1) is 0 Å². The Balaban J connectivity index is 1.48. The molecule has 1 aromatic carbocycles. The van der Waals surface area contributed by atoms with Crippen LogP contribution in [0.3, 0.4) is 0 Å². The molecular weight excluding hydrogens is 446 g/mol. The number of morpholine rings is 1. The van der Waals surface area contributed by atoms with E-state index in [4.69, 9.17) is 14.1 Å². The third-order valence-corrected chi connectivity index (χ3v) is 6.87. The van der Waals surface area contributed by atoms with E-state index >= 15 is 0 Å². The first-order chi connectivity index (χ1) is 17.0. The summed E-state index contributed by atoms with van der Waals surface area (Å²) in [6.07, 6.45) is 3.68. The Hall–Kier alpha value is -3.59. The van der Waals surface area contributed by atoms with Crippen molar-refractivity contribution in [3.05, 3.63) is 52.6 Å².